The molecule has 0 bridgehead atoms. The zero-order valence-corrected chi connectivity index (χ0v) is 22.2. The number of benzene rings is 4. The fourth-order valence-corrected chi connectivity index (χ4v) is 6.51. The molecule has 1 saturated heterocycles. The van der Waals surface area contributed by atoms with Gasteiger partial charge < -0.3 is 4.74 Å². The molecule has 0 N–H and O–H groups in total. The van der Waals surface area contributed by atoms with E-state index in [0.717, 1.165) is 25.5 Å². The summed E-state index contributed by atoms with van der Waals surface area (Å²) in [6.07, 6.45) is 0.0566. The van der Waals surface area contributed by atoms with Gasteiger partial charge >= 0.3 is 0 Å². The summed E-state index contributed by atoms with van der Waals surface area (Å²) in [5.41, 5.74) is 1.18. The van der Waals surface area contributed by atoms with Crippen molar-refractivity contribution in [1.82, 2.24) is 4.31 Å². The molecule has 4 aromatic rings. The van der Waals surface area contributed by atoms with Gasteiger partial charge in [-0.15, -0.1) is 0 Å². The number of sulfonamides is 1. The summed E-state index contributed by atoms with van der Waals surface area (Å²) in [4.78, 5) is 27.8. The second kappa shape index (κ2) is 10.6. The first-order valence-corrected chi connectivity index (χ1v) is 13.9. The molecular weight excluding hydrogens is 524 g/mol. The third-order valence-electron chi connectivity index (χ3n) is 6.64. The van der Waals surface area contributed by atoms with Crippen molar-refractivity contribution >= 4 is 49.9 Å². The van der Waals surface area contributed by atoms with Crippen LogP contribution in [0.1, 0.15) is 12.0 Å². The minimum atomic E-state index is -4.15. The fraction of sp³-hybridized carbons (Fsp3) is 0.172. The third kappa shape index (κ3) is 5.03. The highest BCUT2D eigenvalue weighted by Crippen LogP contribution is 2.31. The molecule has 1 aliphatic rings. The van der Waals surface area contributed by atoms with Crippen LogP contribution >= 0.6 is 11.6 Å². The summed E-state index contributed by atoms with van der Waals surface area (Å²) in [5, 5.41) is 2.19. The molecule has 1 aliphatic heterocycles. The molecule has 194 valence electrons. The predicted octanol–water partition coefficient (Wildman–Crippen LogP) is 5.07. The number of anilines is 1. The number of hydrogen-bond donors (Lipinski definition) is 0. The molecule has 0 aromatic heterocycles. The summed E-state index contributed by atoms with van der Waals surface area (Å²) < 4.78 is 34.4. The largest absolute Gasteiger partial charge is 0.497 e. The molecule has 7 nitrogen and oxygen atoms in total. The molecule has 0 aliphatic carbocycles. The Balaban J connectivity index is 1.52. The van der Waals surface area contributed by atoms with Crippen molar-refractivity contribution < 1.29 is 22.7 Å². The SMILES string of the molecule is COc1ccc(N2C(=O)CC(N(CCc3cccc(Cl)c3)S(=O)(=O)c3ccc4ccccc4c3)C2=O)cc1. The summed E-state index contributed by atoms with van der Waals surface area (Å²) in [7, 11) is -2.63. The second-order valence-electron chi connectivity index (χ2n) is 8.99. The Morgan fingerprint density at radius 2 is 1.66 bits per heavy atom. The number of carbonyl (C=O) groups excluding carboxylic acids is 2. The van der Waals surface area contributed by atoms with Crippen LogP contribution in [0.25, 0.3) is 10.8 Å². The molecule has 4 aromatic carbocycles. The summed E-state index contributed by atoms with van der Waals surface area (Å²) in [6.45, 7) is -0.00432. The van der Waals surface area contributed by atoms with E-state index in [-0.39, 0.29) is 17.9 Å². The van der Waals surface area contributed by atoms with Crippen molar-refractivity contribution in [3.63, 3.8) is 0 Å². The first-order chi connectivity index (χ1) is 18.3. The van der Waals surface area contributed by atoms with Crippen molar-refractivity contribution in [2.45, 2.75) is 23.8 Å². The van der Waals surface area contributed by atoms with Crippen LogP contribution in [0, 0.1) is 0 Å². The quantitative estimate of drug-likeness (QED) is 0.287. The molecular formula is C29H25ClN2O5S. The Bertz CT molecular complexity index is 1620. The molecule has 1 atom stereocenters. The molecule has 5 rings (SSSR count). The van der Waals surface area contributed by atoms with Crippen LogP contribution in [0.5, 0.6) is 5.75 Å². The van der Waals surface area contributed by atoms with Crippen LogP contribution in [-0.4, -0.2) is 44.2 Å². The minimum absolute atomic E-state index is 0.00432. The maximum Gasteiger partial charge on any atom is 0.252 e. The average Bonchev–Trinajstić information content (AvgIpc) is 3.21. The number of hydrogen-bond acceptors (Lipinski definition) is 5. The number of imide groups is 1. The molecule has 1 fully saturated rings. The first-order valence-electron chi connectivity index (χ1n) is 12.0. The van der Waals surface area contributed by atoms with E-state index in [0.29, 0.717) is 22.9 Å². The monoisotopic (exact) mass is 548 g/mol. The number of amides is 2. The molecule has 0 saturated carbocycles. The Labute approximate surface area is 226 Å². The first kappa shape index (κ1) is 25.9. The molecule has 1 heterocycles. The van der Waals surface area contributed by atoms with Crippen LogP contribution in [0.3, 0.4) is 0 Å². The van der Waals surface area contributed by atoms with Crippen molar-refractivity contribution in [2.24, 2.45) is 0 Å². The van der Waals surface area contributed by atoms with Gasteiger partial charge in [0, 0.05) is 11.6 Å². The van der Waals surface area contributed by atoms with Gasteiger partial charge in [0.05, 0.1) is 24.1 Å². The number of nitrogens with zero attached hydrogens (tertiary/aromatic N) is 2. The van der Waals surface area contributed by atoms with Gasteiger partial charge in [-0.2, -0.15) is 4.31 Å². The fourth-order valence-electron chi connectivity index (χ4n) is 4.68. The van der Waals surface area contributed by atoms with Crippen molar-refractivity contribution in [2.75, 3.05) is 18.6 Å². The lowest BCUT2D eigenvalue weighted by Crippen LogP contribution is -2.46. The molecule has 0 radical (unpaired) electrons. The highest BCUT2D eigenvalue weighted by atomic mass is 35.5. The van der Waals surface area contributed by atoms with Gasteiger partial charge in [-0.1, -0.05) is 54.1 Å². The number of methoxy groups -OCH3 is 1. The summed E-state index contributed by atoms with van der Waals surface area (Å²) >= 11 is 6.13. The van der Waals surface area contributed by atoms with Crippen LogP contribution < -0.4 is 9.64 Å². The maximum atomic E-state index is 14.0. The second-order valence-corrected chi connectivity index (χ2v) is 11.3. The predicted molar refractivity (Wildman–Crippen MR) is 147 cm³/mol. The molecule has 38 heavy (non-hydrogen) atoms. The van der Waals surface area contributed by atoms with Crippen molar-refractivity contribution in [3.05, 3.63) is 102 Å². The van der Waals surface area contributed by atoms with Crippen molar-refractivity contribution in [1.29, 1.82) is 0 Å². The van der Waals surface area contributed by atoms with Crippen LogP contribution in [-0.2, 0) is 26.0 Å². The summed E-state index contributed by atoms with van der Waals surface area (Å²) in [5.74, 6) is -0.478. The number of halogens is 1. The van der Waals surface area contributed by atoms with Crippen LogP contribution in [0.2, 0.25) is 5.02 Å². The van der Waals surface area contributed by atoms with E-state index in [1.54, 1.807) is 54.6 Å². The zero-order chi connectivity index (χ0) is 26.9. The molecule has 1 unspecified atom stereocenters. The lowest BCUT2D eigenvalue weighted by Gasteiger charge is -2.27. The minimum Gasteiger partial charge on any atom is -0.497 e. The lowest BCUT2D eigenvalue weighted by atomic mass is 10.1. The third-order valence-corrected chi connectivity index (χ3v) is 8.78. The van der Waals surface area contributed by atoms with Crippen molar-refractivity contribution in [3.8, 4) is 5.75 Å². The topological polar surface area (TPSA) is 84.0 Å². The highest BCUT2D eigenvalue weighted by molar-refractivity contribution is 7.89. The van der Waals surface area contributed by atoms with Gasteiger partial charge in [0.15, 0.2) is 0 Å². The normalized spacial score (nSPS) is 16.0. The van der Waals surface area contributed by atoms with Gasteiger partial charge in [-0.05, 0) is 71.3 Å². The number of fused-ring (bicyclic) bond motifs is 1. The van der Waals surface area contributed by atoms with Gasteiger partial charge in [0.2, 0.25) is 15.9 Å². The number of rotatable bonds is 8. The van der Waals surface area contributed by atoms with E-state index >= 15 is 0 Å². The van der Waals surface area contributed by atoms with Gasteiger partial charge in [-0.25, -0.2) is 13.3 Å². The Hall–Kier alpha value is -3.72. The van der Waals surface area contributed by atoms with Gasteiger partial charge in [0.1, 0.15) is 11.8 Å². The van der Waals surface area contributed by atoms with E-state index in [1.165, 1.54) is 13.2 Å². The van der Waals surface area contributed by atoms with Crippen LogP contribution in [0.4, 0.5) is 5.69 Å². The van der Waals surface area contributed by atoms with Crippen LogP contribution in [0.15, 0.2) is 95.9 Å². The lowest BCUT2D eigenvalue weighted by molar-refractivity contribution is -0.122. The molecule has 0 spiro atoms. The van der Waals surface area contributed by atoms with Gasteiger partial charge in [-0.3, -0.25) is 9.59 Å². The van der Waals surface area contributed by atoms with E-state index in [2.05, 4.69) is 0 Å². The molecule has 2 amide bonds. The number of carbonyl (C=O) groups is 2. The maximum absolute atomic E-state index is 14.0. The van der Waals surface area contributed by atoms with E-state index in [4.69, 9.17) is 16.3 Å². The van der Waals surface area contributed by atoms with E-state index < -0.39 is 27.9 Å². The standard InChI is InChI=1S/C29H25ClN2O5S/c1-37-25-12-10-24(11-13-25)32-28(33)19-27(29(32)34)31(16-15-20-5-4-8-23(30)17-20)38(35,36)26-14-9-21-6-2-3-7-22(21)18-26/h2-14,17-18,27H,15-16,19H2,1H3. The van der Waals surface area contributed by atoms with Gasteiger partial charge in [0.25, 0.3) is 5.91 Å². The highest BCUT2D eigenvalue weighted by Gasteiger charge is 2.46. The summed E-state index contributed by atoms with van der Waals surface area (Å²) in [6, 6.07) is 24.8. The number of ether oxygens (including phenoxy) is 1. The van der Waals surface area contributed by atoms with E-state index in [1.807, 2.05) is 30.3 Å². The Kier molecular flexibility index (Phi) is 7.21. The molecule has 9 heteroatoms. The Morgan fingerprint density at radius 1 is 0.921 bits per heavy atom. The zero-order valence-electron chi connectivity index (χ0n) is 20.6. The Morgan fingerprint density at radius 3 is 2.37 bits per heavy atom. The average molecular weight is 549 g/mol. The smallest absolute Gasteiger partial charge is 0.252 e. The van der Waals surface area contributed by atoms with E-state index in [9.17, 15) is 18.0 Å².